The molecular weight excluding hydrogens is 178 g/mol. The number of likely N-dealkylation sites (tertiary alicyclic amines) is 1. The molecule has 0 saturated carbocycles. The van der Waals surface area contributed by atoms with E-state index in [0.29, 0.717) is 5.92 Å². The second kappa shape index (κ2) is 4.11. The minimum atomic E-state index is -0.161. The summed E-state index contributed by atoms with van der Waals surface area (Å²) in [6, 6.07) is 0. The van der Waals surface area contributed by atoms with E-state index in [9.17, 15) is 5.11 Å². The quantitative estimate of drug-likeness (QED) is 0.727. The summed E-state index contributed by atoms with van der Waals surface area (Å²) in [5, 5.41) is 16.3. The summed E-state index contributed by atoms with van der Waals surface area (Å²) in [5.41, 5.74) is 1.19. The molecule has 0 bridgehead atoms. The van der Waals surface area contributed by atoms with Crippen molar-refractivity contribution in [1.29, 1.82) is 0 Å². The van der Waals surface area contributed by atoms with Crippen LogP contribution < -0.4 is 0 Å². The van der Waals surface area contributed by atoms with Crippen LogP contribution in [0, 0.1) is 5.92 Å². The van der Waals surface area contributed by atoms with Crippen LogP contribution in [0.5, 0.6) is 0 Å². The highest BCUT2D eigenvalue weighted by atomic mass is 16.3. The Morgan fingerprint density at radius 3 is 3.14 bits per heavy atom. The van der Waals surface area contributed by atoms with Crippen LogP contribution in [0.15, 0.2) is 12.4 Å². The van der Waals surface area contributed by atoms with Gasteiger partial charge in [-0.25, -0.2) is 0 Å². The summed E-state index contributed by atoms with van der Waals surface area (Å²) in [7, 11) is 0. The van der Waals surface area contributed by atoms with Gasteiger partial charge < -0.3 is 5.11 Å². The molecule has 2 N–H and O–H groups in total. The van der Waals surface area contributed by atoms with Crippen LogP contribution in [0.3, 0.4) is 0 Å². The molecule has 0 aromatic carbocycles. The third kappa shape index (κ3) is 2.33. The lowest BCUT2D eigenvalue weighted by Gasteiger charge is -2.33. The summed E-state index contributed by atoms with van der Waals surface area (Å²) >= 11 is 0. The van der Waals surface area contributed by atoms with Crippen LogP contribution in [-0.2, 0) is 6.54 Å². The number of rotatable bonds is 2. The number of aromatic nitrogens is 2. The first-order chi connectivity index (χ1) is 6.74. The molecule has 2 atom stereocenters. The lowest BCUT2D eigenvalue weighted by molar-refractivity contribution is 0.0409. The van der Waals surface area contributed by atoms with Gasteiger partial charge in [-0.05, 0) is 12.3 Å². The molecule has 1 aromatic heterocycles. The highest BCUT2D eigenvalue weighted by Gasteiger charge is 2.22. The van der Waals surface area contributed by atoms with Gasteiger partial charge in [-0.1, -0.05) is 6.92 Å². The number of hydrogen-bond acceptors (Lipinski definition) is 3. The van der Waals surface area contributed by atoms with Crippen molar-refractivity contribution in [2.45, 2.75) is 26.0 Å². The van der Waals surface area contributed by atoms with Gasteiger partial charge in [0.2, 0.25) is 0 Å². The van der Waals surface area contributed by atoms with Crippen LogP contribution in [0.4, 0.5) is 0 Å². The molecule has 1 aromatic rings. The Balaban J connectivity index is 1.91. The Labute approximate surface area is 83.9 Å². The van der Waals surface area contributed by atoms with E-state index >= 15 is 0 Å². The molecule has 2 rings (SSSR count). The van der Waals surface area contributed by atoms with E-state index in [1.807, 2.05) is 12.4 Å². The average molecular weight is 195 g/mol. The molecule has 1 aliphatic heterocycles. The SMILES string of the molecule is C[C@@H]1C[C@H](O)CN(Cc2cn[nH]c2)C1. The van der Waals surface area contributed by atoms with Gasteiger partial charge in [0.05, 0.1) is 12.3 Å². The van der Waals surface area contributed by atoms with Crippen molar-refractivity contribution < 1.29 is 5.11 Å². The fraction of sp³-hybridized carbons (Fsp3) is 0.700. The van der Waals surface area contributed by atoms with E-state index in [0.717, 1.165) is 26.1 Å². The Morgan fingerprint density at radius 1 is 1.64 bits per heavy atom. The number of hydrogen-bond donors (Lipinski definition) is 2. The fourth-order valence-electron chi connectivity index (χ4n) is 2.18. The van der Waals surface area contributed by atoms with Crippen LogP contribution in [0.1, 0.15) is 18.9 Å². The zero-order valence-corrected chi connectivity index (χ0v) is 8.48. The van der Waals surface area contributed by atoms with Crippen molar-refractivity contribution in [3.05, 3.63) is 18.0 Å². The Bertz CT molecular complexity index is 263. The maximum Gasteiger partial charge on any atom is 0.0670 e. The van der Waals surface area contributed by atoms with E-state index in [4.69, 9.17) is 0 Å². The van der Waals surface area contributed by atoms with Crippen LogP contribution >= 0.6 is 0 Å². The number of aliphatic hydroxyl groups is 1. The molecule has 78 valence electrons. The predicted molar refractivity (Wildman–Crippen MR) is 53.7 cm³/mol. The van der Waals surface area contributed by atoms with Gasteiger partial charge in [-0.3, -0.25) is 10.00 Å². The Morgan fingerprint density at radius 2 is 2.50 bits per heavy atom. The molecular formula is C10H17N3O. The summed E-state index contributed by atoms with van der Waals surface area (Å²) in [6.45, 7) is 4.93. The molecule has 0 unspecified atom stereocenters. The Kier molecular flexibility index (Phi) is 2.84. The van der Waals surface area contributed by atoms with E-state index in [-0.39, 0.29) is 6.10 Å². The molecule has 4 nitrogen and oxygen atoms in total. The van der Waals surface area contributed by atoms with E-state index in [2.05, 4.69) is 22.0 Å². The number of H-pyrrole nitrogens is 1. The molecule has 1 fully saturated rings. The van der Waals surface area contributed by atoms with Gasteiger partial charge in [-0.15, -0.1) is 0 Å². The fourth-order valence-corrected chi connectivity index (χ4v) is 2.18. The lowest BCUT2D eigenvalue weighted by atomic mass is 9.98. The zero-order valence-electron chi connectivity index (χ0n) is 8.48. The topological polar surface area (TPSA) is 52.1 Å². The van der Waals surface area contributed by atoms with Gasteiger partial charge in [0.25, 0.3) is 0 Å². The monoisotopic (exact) mass is 195 g/mol. The van der Waals surface area contributed by atoms with Crippen molar-refractivity contribution in [1.82, 2.24) is 15.1 Å². The molecule has 1 saturated heterocycles. The molecule has 2 heterocycles. The lowest BCUT2D eigenvalue weighted by Crippen LogP contribution is -2.41. The highest BCUT2D eigenvalue weighted by Crippen LogP contribution is 2.17. The first-order valence-corrected chi connectivity index (χ1v) is 5.12. The largest absolute Gasteiger partial charge is 0.392 e. The molecule has 0 aliphatic carbocycles. The number of piperidine rings is 1. The maximum atomic E-state index is 9.61. The van der Waals surface area contributed by atoms with Gasteiger partial charge in [-0.2, -0.15) is 5.10 Å². The second-order valence-electron chi connectivity index (χ2n) is 4.30. The third-order valence-corrected chi connectivity index (χ3v) is 2.67. The van der Waals surface area contributed by atoms with Gasteiger partial charge in [0.15, 0.2) is 0 Å². The first kappa shape index (κ1) is 9.68. The minimum Gasteiger partial charge on any atom is -0.392 e. The van der Waals surface area contributed by atoms with Crippen molar-refractivity contribution in [3.8, 4) is 0 Å². The number of β-amino-alcohol motifs (C(OH)–C–C–N with tert-alkyl or cyclic N) is 1. The Hall–Kier alpha value is -0.870. The van der Waals surface area contributed by atoms with Crippen molar-refractivity contribution in [2.75, 3.05) is 13.1 Å². The van der Waals surface area contributed by atoms with Crippen LogP contribution in [-0.4, -0.2) is 39.4 Å². The van der Waals surface area contributed by atoms with Crippen molar-refractivity contribution in [3.63, 3.8) is 0 Å². The van der Waals surface area contributed by atoms with E-state index in [1.165, 1.54) is 5.56 Å². The van der Waals surface area contributed by atoms with Crippen molar-refractivity contribution >= 4 is 0 Å². The van der Waals surface area contributed by atoms with E-state index in [1.54, 1.807) is 0 Å². The smallest absolute Gasteiger partial charge is 0.0670 e. The predicted octanol–water partition coefficient (Wildman–Crippen LogP) is 0.612. The maximum absolute atomic E-state index is 9.61. The van der Waals surface area contributed by atoms with E-state index < -0.39 is 0 Å². The van der Waals surface area contributed by atoms with Gasteiger partial charge >= 0.3 is 0 Å². The number of aromatic amines is 1. The molecule has 0 radical (unpaired) electrons. The average Bonchev–Trinajstić information content (AvgIpc) is 2.54. The van der Waals surface area contributed by atoms with Crippen LogP contribution in [0.2, 0.25) is 0 Å². The first-order valence-electron chi connectivity index (χ1n) is 5.12. The second-order valence-corrected chi connectivity index (χ2v) is 4.30. The van der Waals surface area contributed by atoms with Gasteiger partial charge in [0, 0.05) is 31.4 Å². The molecule has 1 aliphatic rings. The van der Waals surface area contributed by atoms with Gasteiger partial charge in [0.1, 0.15) is 0 Å². The number of nitrogens with zero attached hydrogens (tertiary/aromatic N) is 2. The molecule has 0 amide bonds. The summed E-state index contributed by atoms with van der Waals surface area (Å²) < 4.78 is 0. The highest BCUT2D eigenvalue weighted by molar-refractivity contribution is 5.02. The number of aliphatic hydroxyl groups excluding tert-OH is 1. The summed E-state index contributed by atoms with van der Waals surface area (Å²) in [4.78, 5) is 2.28. The van der Waals surface area contributed by atoms with Crippen LogP contribution in [0.25, 0.3) is 0 Å². The zero-order chi connectivity index (χ0) is 9.97. The summed E-state index contributed by atoms with van der Waals surface area (Å²) in [6.07, 6.45) is 4.52. The third-order valence-electron chi connectivity index (χ3n) is 2.67. The standard InChI is InChI=1S/C10H17N3O/c1-8-2-10(14)7-13(5-8)6-9-3-11-12-4-9/h3-4,8,10,14H,2,5-7H2,1H3,(H,11,12)/t8-,10+/m1/s1. The molecule has 4 heteroatoms. The molecule has 14 heavy (non-hydrogen) atoms. The number of nitrogens with one attached hydrogen (secondary N) is 1. The summed E-state index contributed by atoms with van der Waals surface area (Å²) in [5.74, 6) is 0.589. The minimum absolute atomic E-state index is 0.161. The normalized spacial score (nSPS) is 29.3. The van der Waals surface area contributed by atoms with Crippen molar-refractivity contribution in [2.24, 2.45) is 5.92 Å². The molecule has 0 spiro atoms.